The number of carbonyl (C=O) groups excluding carboxylic acids is 1. The number of benzene rings is 2. The summed E-state index contributed by atoms with van der Waals surface area (Å²) in [7, 11) is 1.64. The molecule has 0 saturated heterocycles. The molecule has 1 aromatic heterocycles. The molecule has 132 valence electrons. The summed E-state index contributed by atoms with van der Waals surface area (Å²) in [5.41, 5.74) is 1.48. The molecule has 3 aromatic rings. The normalized spacial score (nSPS) is 13.4. The molecule has 0 saturated carbocycles. The van der Waals surface area contributed by atoms with Gasteiger partial charge in [0.05, 0.1) is 24.2 Å². The van der Waals surface area contributed by atoms with Gasteiger partial charge in [-0.1, -0.05) is 23.7 Å². The molecule has 0 aliphatic carbocycles. The second-order valence-corrected chi connectivity index (χ2v) is 6.43. The van der Waals surface area contributed by atoms with Gasteiger partial charge < -0.3 is 14.2 Å². The van der Waals surface area contributed by atoms with Crippen LogP contribution in [0.25, 0.3) is 11.4 Å². The van der Waals surface area contributed by atoms with E-state index in [2.05, 4.69) is 14.8 Å². The number of fused-ring (bicyclic) bond motifs is 1. The first kappa shape index (κ1) is 16.6. The van der Waals surface area contributed by atoms with Crippen molar-refractivity contribution >= 4 is 17.5 Å². The van der Waals surface area contributed by atoms with E-state index in [9.17, 15) is 4.79 Å². The van der Waals surface area contributed by atoms with Gasteiger partial charge in [-0.15, -0.1) is 10.2 Å². The standard InChI is InChI=1S/C19H17ClN4O2/c1-26-14-8-6-13(7-9-14)18-22-21-17-12-23(10-11-24(17)18)19(25)15-4-2-3-5-16(15)20/h2-9H,10-12H2,1H3. The minimum Gasteiger partial charge on any atom is -0.497 e. The van der Waals surface area contributed by atoms with E-state index in [1.165, 1.54) is 0 Å². The molecule has 1 aliphatic rings. The second kappa shape index (κ2) is 6.80. The highest BCUT2D eigenvalue weighted by atomic mass is 35.5. The predicted molar refractivity (Wildman–Crippen MR) is 98.2 cm³/mol. The molecule has 2 heterocycles. The minimum atomic E-state index is -0.0872. The van der Waals surface area contributed by atoms with Crippen molar-refractivity contribution in [2.45, 2.75) is 13.1 Å². The molecule has 7 heteroatoms. The zero-order chi connectivity index (χ0) is 18.1. The molecule has 0 fully saturated rings. The van der Waals surface area contributed by atoms with Crippen molar-refractivity contribution in [3.63, 3.8) is 0 Å². The molecule has 0 N–H and O–H groups in total. The monoisotopic (exact) mass is 368 g/mol. The van der Waals surface area contributed by atoms with Crippen LogP contribution in [0.15, 0.2) is 48.5 Å². The van der Waals surface area contributed by atoms with Crippen molar-refractivity contribution < 1.29 is 9.53 Å². The zero-order valence-electron chi connectivity index (χ0n) is 14.2. The number of amides is 1. The summed E-state index contributed by atoms with van der Waals surface area (Å²) in [4.78, 5) is 14.5. The molecule has 2 aromatic carbocycles. The van der Waals surface area contributed by atoms with Crippen molar-refractivity contribution in [2.24, 2.45) is 0 Å². The molecule has 0 unspecified atom stereocenters. The predicted octanol–water partition coefficient (Wildman–Crippen LogP) is 3.26. The highest BCUT2D eigenvalue weighted by Crippen LogP contribution is 2.25. The lowest BCUT2D eigenvalue weighted by Gasteiger charge is -2.28. The van der Waals surface area contributed by atoms with Gasteiger partial charge >= 0.3 is 0 Å². The lowest BCUT2D eigenvalue weighted by molar-refractivity contribution is 0.0708. The van der Waals surface area contributed by atoms with Crippen LogP contribution in [-0.2, 0) is 13.1 Å². The minimum absolute atomic E-state index is 0.0872. The van der Waals surface area contributed by atoms with Crippen molar-refractivity contribution in [1.29, 1.82) is 0 Å². The Balaban J connectivity index is 1.58. The fourth-order valence-electron chi connectivity index (χ4n) is 3.09. The van der Waals surface area contributed by atoms with Crippen molar-refractivity contribution in [3.8, 4) is 17.1 Å². The molecule has 1 amide bonds. The van der Waals surface area contributed by atoms with Gasteiger partial charge in [0.25, 0.3) is 5.91 Å². The van der Waals surface area contributed by atoms with Crippen LogP contribution in [0.5, 0.6) is 5.75 Å². The van der Waals surface area contributed by atoms with Crippen LogP contribution in [0.2, 0.25) is 5.02 Å². The first-order chi connectivity index (χ1) is 12.7. The Morgan fingerprint density at radius 1 is 1.08 bits per heavy atom. The third kappa shape index (κ3) is 2.93. The molecular weight excluding hydrogens is 352 g/mol. The maximum Gasteiger partial charge on any atom is 0.255 e. The van der Waals surface area contributed by atoms with E-state index in [-0.39, 0.29) is 5.91 Å². The van der Waals surface area contributed by atoms with Crippen molar-refractivity contribution in [3.05, 3.63) is 64.9 Å². The van der Waals surface area contributed by atoms with Gasteiger partial charge in [-0.05, 0) is 36.4 Å². The Morgan fingerprint density at radius 3 is 2.58 bits per heavy atom. The van der Waals surface area contributed by atoms with Gasteiger partial charge in [0, 0.05) is 18.7 Å². The van der Waals surface area contributed by atoms with E-state index in [1.807, 2.05) is 36.4 Å². The summed E-state index contributed by atoms with van der Waals surface area (Å²) in [5, 5.41) is 9.06. The molecule has 0 radical (unpaired) electrons. The summed E-state index contributed by atoms with van der Waals surface area (Å²) in [5.74, 6) is 2.27. The highest BCUT2D eigenvalue weighted by Gasteiger charge is 2.26. The molecule has 26 heavy (non-hydrogen) atoms. The largest absolute Gasteiger partial charge is 0.497 e. The van der Waals surface area contributed by atoms with E-state index in [4.69, 9.17) is 16.3 Å². The Labute approximate surface area is 156 Å². The topological polar surface area (TPSA) is 60.3 Å². The van der Waals surface area contributed by atoms with Crippen LogP contribution >= 0.6 is 11.6 Å². The third-order valence-corrected chi connectivity index (χ3v) is 4.82. The summed E-state index contributed by atoms with van der Waals surface area (Å²) in [6.07, 6.45) is 0. The van der Waals surface area contributed by atoms with E-state index < -0.39 is 0 Å². The molecule has 0 atom stereocenters. The van der Waals surface area contributed by atoms with Gasteiger partial charge in [-0.25, -0.2) is 0 Å². The van der Waals surface area contributed by atoms with Crippen molar-refractivity contribution in [2.75, 3.05) is 13.7 Å². The number of aromatic nitrogens is 3. The van der Waals surface area contributed by atoms with Crippen LogP contribution in [0.3, 0.4) is 0 Å². The highest BCUT2D eigenvalue weighted by molar-refractivity contribution is 6.33. The first-order valence-electron chi connectivity index (χ1n) is 8.27. The molecule has 0 bridgehead atoms. The fraction of sp³-hybridized carbons (Fsp3) is 0.211. The average Bonchev–Trinajstić information content (AvgIpc) is 3.11. The van der Waals surface area contributed by atoms with Crippen LogP contribution < -0.4 is 4.74 Å². The van der Waals surface area contributed by atoms with Gasteiger partial charge in [-0.2, -0.15) is 0 Å². The lowest BCUT2D eigenvalue weighted by atomic mass is 10.1. The smallest absolute Gasteiger partial charge is 0.255 e. The van der Waals surface area contributed by atoms with Crippen LogP contribution in [-0.4, -0.2) is 39.2 Å². The van der Waals surface area contributed by atoms with Gasteiger partial charge in [0.2, 0.25) is 0 Å². The molecule has 6 nitrogen and oxygen atoms in total. The Kier molecular flexibility index (Phi) is 4.34. The quantitative estimate of drug-likeness (QED) is 0.712. The second-order valence-electron chi connectivity index (χ2n) is 6.03. The fourth-order valence-corrected chi connectivity index (χ4v) is 3.31. The number of hydrogen-bond donors (Lipinski definition) is 0. The van der Waals surface area contributed by atoms with E-state index in [1.54, 1.807) is 24.1 Å². The number of ether oxygens (including phenoxy) is 1. The Morgan fingerprint density at radius 2 is 1.85 bits per heavy atom. The molecule has 1 aliphatic heterocycles. The maximum atomic E-state index is 12.7. The van der Waals surface area contributed by atoms with E-state index >= 15 is 0 Å². The molecule has 4 rings (SSSR count). The SMILES string of the molecule is COc1ccc(-c2nnc3n2CCN(C(=O)c2ccccc2Cl)C3)cc1. The third-order valence-electron chi connectivity index (χ3n) is 4.49. The number of halogens is 1. The van der Waals surface area contributed by atoms with Crippen LogP contribution in [0.1, 0.15) is 16.2 Å². The maximum absolute atomic E-state index is 12.7. The number of nitrogens with zero attached hydrogens (tertiary/aromatic N) is 4. The Bertz CT molecular complexity index is 952. The summed E-state index contributed by atoms with van der Waals surface area (Å²) < 4.78 is 7.25. The van der Waals surface area contributed by atoms with Gasteiger partial charge in [0.15, 0.2) is 11.6 Å². The van der Waals surface area contributed by atoms with Crippen LogP contribution in [0, 0.1) is 0 Å². The summed E-state index contributed by atoms with van der Waals surface area (Å²) in [6.45, 7) is 1.63. The van der Waals surface area contributed by atoms with Crippen molar-refractivity contribution in [1.82, 2.24) is 19.7 Å². The average molecular weight is 369 g/mol. The lowest BCUT2D eigenvalue weighted by Crippen LogP contribution is -2.38. The van der Waals surface area contributed by atoms with Crippen LogP contribution in [0.4, 0.5) is 0 Å². The van der Waals surface area contributed by atoms with E-state index in [0.717, 1.165) is 23.0 Å². The Hall–Kier alpha value is -2.86. The number of hydrogen-bond acceptors (Lipinski definition) is 4. The van der Waals surface area contributed by atoms with E-state index in [0.29, 0.717) is 30.2 Å². The molecular formula is C19H17ClN4O2. The number of methoxy groups -OCH3 is 1. The summed E-state index contributed by atoms with van der Waals surface area (Å²) in [6, 6.07) is 14.8. The first-order valence-corrected chi connectivity index (χ1v) is 8.65. The van der Waals surface area contributed by atoms with Gasteiger partial charge in [-0.3, -0.25) is 4.79 Å². The zero-order valence-corrected chi connectivity index (χ0v) is 15.0. The number of carbonyl (C=O) groups is 1. The molecule has 0 spiro atoms. The van der Waals surface area contributed by atoms with Gasteiger partial charge in [0.1, 0.15) is 5.75 Å². The number of rotatable bonds is 3. The summed E-state index contributed by atoms with van der Waals surface area (Å²) >= 11 is 6.16.